The summed E-state index contributed by atoms with van der Waals surface area (Å²) in [6.45, 7) is 0. The van der Waals surface area contributed by atoms with E-state index >= 15 is 0 Å². The first kappa shape index (κ1) is 14.0. The van der Waals surface area contributed by atoms with E-state index < -0.39 is 5.82 Å². The van der Waals surface area contributed by atoms with Gasteiger partial charge in [0.2, 0.25) is 0 Å². The first-order chi connectivity index (χ1) is 9.10. The molecular formula is C13H12BrF2N3. The normalized spacial score (nSPS) is 12.4. The van der Waals surface area contributed by atoms with Crippen molar-refractivity contribution in [2.24, 2.45) is 5.84 Å². The van der Waals surface area contributed by atoms with Crippen LogP contribution in [0.1, 0.15) is 17.2 Å². The maximum absolute atomic E-state index is 13.1. The molecule has 2 rings (SSSR count). The number of hydrogen-bond donors (Lipinski definition) is 2. The van der Waals surface area contributed by atoms with E-state index in [9.17, 15) is 8.78 Å². The van der Waals surface area contributed by atoms with Gasteiger partial charge in [0.1, 0.15) is 11.6 Å². The van der Waals surface area contributed by atoms with Crippen LogP contribution in [0.25, 0.3) is 0 Å². The number of pyridine rings is 1. The number of hydrazine groups is 1. The highest BCUT2D eigenvalue weighted by atomic mass is 79.9. The minimum Gasteiger partial charge on any atom is -0.271 e. The van der Waals surface area contributed by atoms with Crippen LogP contribution in [0.5, 0.6) is 0 Å². The maximum Gasteiger partial charge on any atom is 0.141 e. The van der Waals surface area contributed by atoms with Crippen molar-refractivity contribution in [2.45, 2.75) is 12.5 Å². The molecule has 1 atom stereocenters. The number of nitrogens with two attached hydrogens (primary N) is 1. The van der Waals surface area contributed by atoms with E-state index in [0.717, 1.165) is 11.8 Å². The summed E-state index contributed by atoms with van der Waals surface area (Å²) in [5, 5.41) is 0. The minimum atomic E-state index is -0.420. The van der Waals surface area contributed by atoms with Gasteiger partial charge in [-0.25, -0.2) is 8.78 Å². The molecule has 0 saturated heterocycles. The first-order valence-corrected chi connectivity index (χ1v) is 6.40. The number of nitrogens with zero attached hydrogens (tertiary/aromatic N) is 1. The van der Waals surface area contributed by atoms with Crippen LogP contribution in [0, 0.1) is 11.6 Å². The van der Waals surface area contributed by atoms with E-state index in [1.807, 2.05) is 0 Å². The number of rotatable bonds is 4. The molecule has 19 heavy (non-hydrogen) atoms. The van der Waals surface area contributed by atoms with Gasteiger partial charge in [-0.15, -0.1) is 0 Å². The van der Waals surface area contributed by atoms with E-state index in [4.69, 9.17) is 5.84 Å². The summed E-state index contributed by atoms with van der Waals surface area (Å²) in [4.78, 5) is 3.79. The molecule has 2 aromatic rings. The van der Waals surface area contributed by atoms with Gasteiger partial charge in [-0.3, -0.25) is 16.3 Å². The molecule has 0 aliphatic heterocycles. The SMILES string of the molecule is NNC(Cc1ccc(F)cc1Br)c1cncc(F)c1. The fourth-order valence-electron chi connectivity index (χ4n) is 1.80. The minimum absolute atomic E-state index is 0.301. The molecule has 1 aromatic heterocycles. The zero-order valence-corrected chi connectivity index (χ0v) is 11.5. The smallest absolute Gasteiger partial charge is 0.141 e. The maximum atomic E-state index is 13.1. The Morgan fingerprint density at radius 3 is 2.63 bits per heavy atom. The zero-order chi connectivity index (χ0) is 13.8. The molecule has 0 radical (unpaired) electrons. The molecule has 0 amide bonds. The van der Waals surface area contributed by atoms with Crippen molar-refractivity contribution >= 4 is 15.9 Å². The Morgan fingerprint density at radius 1 is 1.21 bits per heavy atom. The lowest BCUT2D eigenvalue weighted by atomic mass is 10.0. The molecule has 6 heteroatoms. The highest BCUT2D eigenvalue weighted by molar-refractivity contribution is 9.10. The van der Waals surface area contributed by atoms with Crippen LogP contribution in [0.3, 0.4) is 0 Å². The molecule has 0 spiro atoms. The molecule has 0 aliphatic carbocycles. The summed E-state index contributed by atoms with van der Waals surface area (Å²) in [7, 11) is 0. The number of aromatic nitrogens is 1. The van der Waals surface area contributed by atoms with E-state index in [1.165, 1.54) is 18.2 Å². The van der Waals surface area contributed by atoms with Gasteiger partial charge in [0.25, 0.3) is 0 Å². The Bertz CT molecular complexity index is 578. The number of hydrogen-bond acceptors (Lipinski definition) is 3. The largest absolute Gasteiger partial charge is 0.271 e. The van der Waals surface area contributed by atoms with Gasteiger partial charge >= 0.3 is 0 Å². The Labute approximate surface area is 117 Å². The second kappa shape index (κ2) is 6.18. The van der Waals surface area contributed by atoms with Crippen LogP contribution in [0.2, 0.25) is 0 Å². The van der Waals surface area contributed by atoms with E-state index in [1.54, 1.807) is 12.3 Å². The molecule has 100 valence electrons. The summed E-state index contributed by atoms with van der Waals surface area (Å²) < 4.78 is 26.8. The standard InChI is InChI=1S/C13H12BrF2N3/c14-12-5-10(15)2-1-8(12)4-13(19-17)9-3-11(16)7-18-6-9/h1-3,5-7,13,19H,4,17H2. The van der Waals surface area contributed by atoms with Crippen LogP contribution in [-0.2, 0) is 6.42 Å². The van der Waals surface area contributed by atoms with Crippen molar-refractivity contribution in [1.82, 2.24) is 10.4 Å². The summed E-state index contributed by atoms with van der Waals surface area (Å²) in [6, 6.07) is 5.49. The Hall–Kier alpha value is -1.37. The van der Waals surface area contributed by atoms with Crippen LogP contribution in [-0.4, -0.2) is 4.98 Å². The molecule has 0 fully saturated rings. The van der Waals surface area contributed by atoms with Crippen molar-refractivity contribution in [2.75, 3.05) is 0 Å². The highest BCUT2D eigenvalue weighted by Gasteiger charge is 2.14. The Morgan fingerprint density at radius 2 is 2.00 bits per heavy atom. The molecule has 0 saturated carbocycles. The molecule has 1 unspecified atom stereocenters. The van der Waals surface area contributed by atoms with Gasteiger partial charge in [0.05, 0.1) is 12.2 Å². The van der Waals surface area contributed by atoms with Crippen LogP contribution in [0.15, 0.2) is 41.1 Å². The van der Waals surface area contributed by atoms with Crippen LogP contribution >= 0.6 is 15.9 Å². The second-order valence-electron chi connectivity index (χ2n) is 4.10. The lowest BCUT2D eigenvalue weighted by molar-refractivity contribution is 0.539. The van der Waals surface area contributed by atoms with Crippen molar-refractivity contribution in [3.05, 3.63) is 63.9 Å². The van der Waals surface area contributed by atoms with Crippen molar-refractivity contribution in [3.63, 3.8) is 0 Å². The fraction of sp³-hybridized carbons (Fsp3) is 0.154. The third kappa shape index (κ3) is 3.56. The quantitative estimate of drug-likeness (QED) is 0.670. The van der Waals surface area contributed by atoms with Crippen molar-refractivity contribution < 1.29 is 8.78 Å². The average Bonchev–Trinajstić information content (AvgIpc) is 2.38. The monoisotopic (exact) mass is 327 g/mol. The number of halogens is 3. The third-order valence-corrected chi connectivity index (χ3v) is 3.51. The summed E-state index contributed by atoms with van der Waals surface area (Å²) in [5.74, 6) is 4.75. The predicted molar refractivity (Wildman–Crippen MR) is 72.1 cm³/mol. The third-order valence-electron chi connectivity index (χ3n) is 2.77. The average molecular weight is 328 g/mol. The lowest BCUT2D eigenvalue weighted by Crippen LogP contribution is -2.29. The van der Waals surface area contributed by atoms with Gasteiger partial charge < -0.3 is 0 Å². The Balaban J connectivity index is 2.24. The molecule has 3 nitrogen and oxygen atoms in total. The number of nitrogens with one attached hydrogen (secondary N) is 1. The van der Waals surface area contributed by atoms with Gasteiger partial charge in [-0.1, -0.05) is 22.0 Å². The molecule has 0 aliphatic rings. The lowest BCUT2D eigenvalue weighted by Gasteiger charge is -2.17. The van der Waals surface area contributed by atoms with E-state index in [0.29, 0.717) is 16.5 Å². The fourth-order valence-corrected chi connectivity index (χ4v) is 2.31. The molecule has 1 aromatic carbocycles. The van der Waals surface area contributed by atoms with Gasteiger partial charge in [0.15, 0.2) is 0 Å². The first-order valence-electron chi connectivity index (χ1n) is 5.60. The summed E-state index contributed by atoms with van der Waals surface area (Å²) >= 11 is 3.29. The zero-order valence-electron chi connectivity index (χ0n) is 9.91. The van der Waals surface area contributed by atoms with Gasteiger partial charge in [0, 0.05) is 10.7 Å². The van der Waals surface area contributed by atoms with E-state index in [-0.39, 0.29) is 11.9 Å². The topological polar surface area (TPSA) is 50.9 Å². The number of benzene rings is 1. The van der Waals surface area contributed by atoms with E-state index in [2.05, 4.69) is 26.3 Å². The van der Waals surface area contributed by atoms with Gasteiger partial charge in [-0.05, 0) is 35.7 Å². The molecule has 1 heterocycles. The van der Waals surface area contributed by atoms with Gasteiger partial charge in [-0.2, -0.15) is 0 Å². The van der Waals surface area contributed by atoms with Crippen LogP contribution in [0.4, 0.5) is 8.78 Å². The van der Waals surface area contributed by atoms with Crippen molar-refractivity contribution in [1.29, 1.82) is 0 Å². The molecule has 0 bridgehead atoms. The highest BCUT2D eigenvalue weighted by Crippen LogP contribution is 2.24. The summed E-state index contributed by atoms with van der Waals surface area (Å²) in [6.07, 6.45) is 3.17. The Kier molecular flexibility index (Phi) is 4.57. The van der Waals surface area contributed by atoms with Crippen LogP contribution < -0.4 is 11.3 Å². The molecular weight excluding hydrogens is 316 g/mol. The molecule has 3 N–H and O–H groups in total. The second-order valence-corrected chi connectivity index (χ2v) is 4.95. The predicted octanol–water partition coefficient (Wildman–Crippen LogP) is 2.87. The summed E-state index contributed by atoms with van der Waals surface area (Å²) in [5.41, 5.74) is 4.12. The van der Waals surface area contributed by atoms with Crippen molar-refractivity contribution in [3.8, 4) is 0 Å².